The summed E-state index contributed by atoms with van der Waals surface area (Å²) in [4.78, 5) is 64.0. The SMILES string of the molecule is O=C1CCN(N2Cc3c(cccc3N3CCC(CN4CCC(n5cc(NC(=O)c6coc(-c7ccnc(NCC8CC8)c7)n6)c(C(F)F)n5)CC4)CC3)C2=O)C(=O)N1. The van der Waals surface area contributed by atoms with Crippen LogP contribution >= 0.6 is 0 Å². The van der Waals surface area contributed by atoms with Crippen LogP contribution in [0, 0.1) is 11.8 Å². The Bertz CT molecular complexity index is 2210. The molecule has 4 fully saturated rings. The Balaban J connectivity index is 0.766. The lowest BCUT2D eigenvalue weighted by Crippen LogP contribution is -2.56. The standard InChI is InChI=1S/C40H45F2N11O5/c41-36(42)35-30(45-37(55)31-23-58-38(46-31)26-6-12-43-33(18-26)44-19-24-4-5-24)22-51(48-35)27-9-13-49(14-10-27)20-25-7-15-50(16-8-25)32-3-1-2-28-29(32)21-53(39(28)56)52-17-11-34(54)47-40(52)57/h1-3,6,12,18,22-25,27,36H,4-5,7-11,13-17,19-21H2,(H,43,44)(H,45,55)(H,47,54,57). The molecule has 3 saturated heterocycles. The summed E-state index contributed by atoms with van der Waals surface area (Å²) in [6, 6.07) is 8.56. The summed E-state index contributed by atoms with van der Waals surface area (Å²) in [5.41, 5.74) is 2.54. The maximum absolute atomic E-state index is 14.2. The van der Waals surface area contributed by atoms with Gasteiger partial charge in [0, 0.05) is 80.5 Å². The van der Waals surface area contributed by atoms with E-state index in [0.717, 1.165) is 76.2 Å². The number of likely N-dealkylation sites (tertiary alicyclic amines) is 1. The molecule has 0 radical (unpaired) electrons. The lowest BCUT2D eigenvalue weighted by Gasteiger charge is -2.39. The van der Waals surface area contributed by atoms with Gasteiger partial charge in [0.2, 0.25) is 11.8 Å². The Hall–Kier alpha value is -5.91. The number of halogens is 2. The third-order valence-corrected chi connectivity index (χ3v) is 11.9. The number of urea groups is 1. The highest BCUT2D eigenvalue weighted by atomic mass is 19.3. The number of benzene rings is 1. The van der Waals surface area contributed by atoms with Crippen molar-refractivity contribution in [1.29, 1.82) is 0 Å². The molecular weight excluding hydrogens is 753 g/mol. The van der Waals surface area contributed by atoms with Gasteiger partial charge in [-0.1, -0.05) is 6.07 Å². The van der Waals surface area contributed by atoms with E-state index in [1.54, 1.807) is 29.1 Å². The minimum atomic E-state index is -2.88. The molecule has 0 unspecified atom stereocenters. The van der Waals surface area contributed by atoms with Crippen molar-refractivity contribution in [1.82, 2.24) is 40.0 Å². The molecule has 4 aromatic rings. The van der Waals surface area contributed by atoms with Gasteiger partial charge in [0.15, 0.2) is 11.4 Å². The number of hydrazine groups is 1. The summed E-state index contributed by atoms with van der Waals surface area (Å²) < 4.78 is 35.5. The monoisotopic (exact) mass is 797 g/mol. The highest BCUT2D eigenvalue weighted by Gasteiger charge is 2.39. The van der Waals surface area contributed by atoms with Gasteiger partial charge in [-0.05, 0) is 74.6 Å². The molecule has 4 aliphatic heterocycles. The maximum Gasteiger partial charge on any atom is 0.342 e. The lowest BCUT2D eigenvalue weighted by molar-refractivity contribution is -0.123. The normalized spacial score (nSPS) is 19.6. The van der Waals surface area contributed by atoms with Gasteiger partial charge in [-0.25, -0.2) is 33.6 Å². The lowest BCUT2D eigenvalue weighted by atomic mass is 9.93. The first kappa shape index (κ1) is 37.7. The Morgan fingerprint density at radius 3 is 2.53 bits per heavy atom. The van der Waals surface area contributed by atoms with Crippen molar-refractivity contribution in [3.8, 4) is 11.5 Å². The van der Waals surface area contributed by atoms with E-state index >= 15 is 0 Å². The number of fused-ring (bicyclic) bond motifs is 1. The van der Waals surface area contributed by atoms with Crippen LogP contribution in [0.25, 0.3) is 11.5 Å². The molecule has 3 N–H and O–H groups in total. The van der Waals surface area contributed by atoms with E-state index in [1.807, 2.05) is 12.1 Å². The number of nitrogens with one attached hydrogen (secondary N) is 3. The summed E-state index contributed by atoms with van der Waals surface area (Å²) in [7, 11) is 0. The summed E-state index contributed by atoms with van der Waals surface area (Å²) in [5, 5.41) is 15.2. The number of hydrogen-bond donors (Lipinski definition) is 3. The van der Waals surface area contributed by atoms with Gasteiger partial charge >= 0.3 is 6.03 Å². The van der Waals surface area contributed by atoms with Gasteiger partial charge < -0.3 is 24.9 Å². The minimum absolute atomic E-state index is 0.0381. The van der Waals surface area contributed by atoms with E-state index in [1.165, 1.54) is 35.3 Å². The number of piperidine rings is 2. The average Bonchev–Trinajstić information content (AvgIpc) is 3.58. The quantitative estimate of drug-likeness (QED) is 0.170. The molecule has 1 aromatic carbocycles. The van der Waals surface area contributed by atoms with Crippen LogP contribution in [0.5, 0.6) is 0 Å². The molecule has 9 rings (SSSR count). The molecular formula is C40H45F2N11O5. The predicted molar refractivity (Wildman–Crippen MR) is 207 cm³/mol. The van der Waals surface area contributed by atoms with E-state index < -0.39 is 24.1 Å². The van der Waals surface area contributed by atoms with Crippen molar-refractivity contribution in [2.45, 2.75) is 64.0 Å². The van der Waals surface area contributed by atoms with Crippen LogP contribution in [0.3, 0.4) is 0 Å². The van der Waals surface area contributed by atoms with Crippen LogP contribution in [0.15, 0.2) is 53.4 Å². The molecule has 304 valence electrons. The molecule has 18 heteroatoms. The van der Waals surface area contributed by atoms with Gasteiger partial charge in [-0.3, -0.25) is 24.4 Å². The molecule has 1 saturated carbocycles. The topological polar surface area (TPSA) is 174 Å². The summed E-state index contributed by atoms with van der Waals surface area (Å²) >= 11 is 0. The van der Waals surface area contributed by atoms with E-state index in [-0.39, 0.29) is 54.6 Å². The molecule has 1 aliphatic carbocycles. The van der Waals surface area contributed by atoms with Crippen molar-refractivity contribution >= 4 is 40.9 Å². The highest BCUT2D eigenvalue weighted by molar-refractivity contribution is 6.04. The molecule has 3 aromatic heterocycles. The van der Waals surface area contributed by atoms with Crippen LogP contribution in [-0.2, 0) is 11.3 Å². The molecule has 16 nitrogen and oxygen atoms in total. The second kappa shape index (κ2) is 15.8. The van der Waals surface area contributed by atoms with E-state index in [2.05, 4.69) is 40.8 Å². The number of amides is 5. The van der Waals surface area contributed by atoms with Gasteiger partial charge in [-0.2, -0.15) is 5.10 Å². The second-order valence-electron chi connectivity index (χ2n) is 15.8. The fourth-order valence-electron chi connectivity index (χ4n) is 8.44. The highest BCUT2D eigenvalue weighted by Crippen LogP contribution is 2.36. The van der Waals surface area contributed by atoms with Gasteiger partial charge in [0.1, 0.15) is 12.1 Å². The van der Waals surface area contributed by atoms with Crippen LogP contribution in [-0.4, -0.2) is 104 Å². The molecule has 0 bridgehead atoms. The average molecular weight is 798 g/mol. The van der Waals surface area contributed by atoms with E-state index in [4.69, 9.17) is 4.42 Å². The Kier molecular flexibility index (Phi) is 10.3. The van der Waals surface area contributed by atoms with E-state index in [9.17, 15) is 28.0 Å². The Morgan fingerprint density at radius 2 is 1.78 bits per heavy atom. The number of hydrogen-bond acceptors (Lipinski definition) is 11. The zero-order valence-corrected chi connectivity index (χ0v) is 31.9. The molecule has 5 amide bonds. The largest absolute Gasteiger partial charge is 0.444 e. The van der Waals surface area contributed by atoms with Crippen LogP contribution < -0.4 is 20.9 Å². The fourth-order valence-corrected chi connectivity index (χ4v) is 8.44. The van der Waals surface area contributed by atoms with Crippen molar-refractivity contribution in [3.63, 3.8) is 0 Å². The number of alkyl halides is 2. The first-order valence-corrected chi connectivity index (χ1v) is 20.0. The molecule has 58 heavy (non-hydrogen) atoms. The Labute approximate surface area is 332 Å². The number of anilines is 3. The van der Waals surface area contributed by atoms with Gasteiger partial charge in [0.05, 0.1) is 24.8 Å². The van der Waals surface area contributed by atoms with Crippen LogP contribution in [0.4, 0.5) is 30.8 Å². The summed E-state index contributed by atoms with van der Waals surface area (Å²) in [6.45, 7) is 5.48. The zero-order chi connectivity index (χ0) is 39.9. The number of oxazole rings is 1. The number of imide groups is 1. The minimum Gasteiger partial charge on any atom is -0.444 e. The smallest absolute Gasteiger partial charge is 0.342 e. The first-order chi connectivity index (χ1) is 28.2. The maximum atomic E-state index is 14.2. The zero-order valence-electron chi connectivity index (χ0n) is 31.9. The van der Waals surface area contributed by atoms with Gasteiger partial charge in [-0.15, -0.1) is 0 Å². The third kappa shape index (κ3) is 7.84. The van der Waals surface area contributed by atoms with Gasteiger partial charge in [0.25, 0.3) is 18.2 Å². The van der Waals surface area contributed by atoms with Crippen molar-refractivity contribution in [2.24, 2.45) is 11.8 Å². The predicted octanol–water partition coefficient (Wildman–Crippen LogP) is 5.31. The number of rotatable bonds is 12. The molecule has 0 spiro atoms. The number of carbonyl (C=O) groups is 4. The second-order valence-corrected chi connectivity index (χ2v) is 15.8. The number of pyridine rings is 1. The number of nitrogens with zero attached hydrogens (tertiary/aromatic N) is 8. The van der Waals surface area contributed by atoms with Crippen molar-refractivity contribution < 1.29 is 32.4 Å². The van der Waals surface area contributed by atoms with Crippen molar-refractivity contribution in [3.05, 3.63) is 71.5 Å². The van der Waals surface area contributed by atoms with E-state index in [0.29, 0.717) is 28.8 Å². The first-order valence-electron chi connectivity index (χ1n) is 20.0. The summed E-state index contributed by atoms with van der Waals surface area (Å²) in [6.07, 6.45) is 7.44. The van der Waals surface area contributed by atoms with Crippen molar-refractivity contribution in [2.75, 3.05) is 61.3 Å². The fraction of sp³-hybridized carbons (Fsp3) is 0.475. The molecule has 7 heterocycles. The Morgan fingerprint density at radius 1 is 0.966 bits per heavy atom. The van der Waals surface area contributed by atoms with Crippen LogP contribution in [0.2, 0.25) is 0 Å². The number of carbonyl (C=O) groups excluding carboxylic acids is 4. The molecule has 0 atom stereocenters. The number of aromatic nitrogens is 4. The molecule has 5 aliphatic rings. The van der Waals surface area contributed by atoms with Crippen LogP contribution in [0.1, 0.15) is 89.5 Å². The summed E-state index contributed by atoms with van der Waals surface area (Å²) in [5.74, 6) is 0.800. The third-order valence-electron chi connectivity index (χ3n) is 11.9.